The van der Waals surface area contributed by atoms with Gasteiger partial charge in [0.1, 0.15) is 12.7 Å². The molecule has 0 radical (unpaired) electrons. The quantitative estimate of drug-likeness (QED) is 0.710. The number of amides is 1. The van der Waals surface area contributed by atoms with Crippen LogP contribution in [0.2, 0.25) is 0 Å². The molecule has 7 heteroatoms. The van der Waals surface area contributed by atoms with Gasteiger partial charge in [0.2, 0.25) is 0 Å². The van der Waals surface area contributed by atoms with Crippen molar-refractivity contribution in [1.82, 2.24) is 29.4 Å². The first kappa shape index (κ1) is 14.0. The molecular formula is C15H16N6O. The highest BCUT2D eigenvalue weighted by Gasteiger charge is 2.12. The Morgan fingerprint density at radius 3 is 2.77 bits per heavy atom. The third-order valence-corrected chi connectivity index (χ3v) is 3.38. The van der Waals surface area contributed by atoms with Crippen LogP contribution < -0.4 is 0 Å². The standard InChI is InChI=1S/C15H16N6O/c1-19(8-9-21-7-3-6-18-21)15(22)13-4-2-5-14(10-13)20-11-16-17-12-20/h2-7,10-12H,8-9H2,1H3. The highest BCUT2D eigenvalue weighted by molar-refractivity contribution is 5.94. The Labute approximate surface area is 127 Å². The summed E-state index contributed by atoms with van der Waals surface area (Å²) in [6, 6.07) is 9.26. The van der Waals surface area contributed by atoms with Crippen molar-refractivity contribution < 1.29 is 4.79 Å². The average molecular weight is 296 g/mol. The van der Waals surface area contributed by atoms with Crippen LogP contribution in [0, 0.1) is 0 Å². The molecule has 7 nitrogen and oxygen atoms in total. The van der Waals surface area contributed by atoms with Crippen molar-refractivity contribution in [3.8, 4) is 5.69 Å². The molecule has 1 amide bonds. The number of hydrogen-bond donors (Lipinski definition) is 0. The van der Waals surface area contributed by atoms with Gasteiger partial charge in [0.05, 0.1) is 6.54 Å². The van der Waals surface area contributed by atoms with Crippen LogP contribution in [0.3, 0.4) is 0 Å². The Kier molecular flexibility index (Phi) is 3.95. The second kappa shape index (κ2) is 6.21. The Balaban J connectivity index is 1.70. The third kappa shape index (κ3) is 3.03. The molecule has 2 aromatic heterocycles. The van der Waals surface area contributed by atoms with E-state index in [0.717, 1.165) is 5.69 Å². The molecule has 1 aromatic carbocycles. The number of carbonyl (C=O) groups is 1. The first-order valence-electron chi connectivity index (χ1n) is 6.92. The number of rotatable bonds is 5. The van der Waals surface area contributed by atoms with Crippen LogP contribution >= 0.6 is 0 Å². The lowest BCUT2D eigenvalue weighted by Gasteiger charge is -2.17. The molecule has 0 aliphatic heterocycles. The van der Waals surface area contributed by atoms with Gasteiger partial charge in [-0.2, -0.15) is 5.10 Å². The summed E-state index contributed by atoms with van der Waals surface area (Å²) >= 11 is 0. The molecule has 0 bridgehead atoms. The van der Waals surface area contributed by atoms with Crippen molar-refractivity contribution in [2.24, 2.45) is 0 Å². The molecule has 0 spiro atoms. The lowest BCUT2D eigenvalue weighted by Crippen LogP contribution is -2.30. The van der Waals surface area contributed by atoms with Crippen LogP contribution in [0.1, 0.15) is 10.4 Å². The van der Waals surface area contributed by atoms with Crippen molar-refractivity contribution in [3.05, 3.63) is 60.9 Å². The zero-order valence-corrected chi connectivity index (χ0v) is 12.2. The highest BCUT2D eigenvalue weighted by atomic mass is 16.2. The van der Waals surface area contributed by atoms with E-state index in [1.165, 1.54) is 0 Å². The van der Waals surface area contributed by atoms with Gasteiger partial charge in [-0.1, -0.05) is 6.07 Å². The lowest BCUT2D eigenvalue weighted by atomic mass is 10.1. The predicted octanol–water partition coefficient (Wildman–Crippen LogP) is 1.24. The number of aromatic nitrogens is 5. The molecular weight excluding hydrogens is 280 g/mol. The third-order valence-electron chi connectivity index (χ3n) is 3.38. The van der Waals surface area contributed by atoms with Gasteiger partial charge >= 0.3 is 0 Å². The smallest absolute Gasteiger partial charge is 0.253 e. The maximum atomic E-state index is 12.5. The number of likely N-dealkylation sites (N-methyl/N-ethyl adjacent to an activating group) is 1. The van der Waals surface area contributed by atoms with E-state index in [4.69, 9.17) is 0 Å². The zero-order chi connectivity index (χ0) is 15.4. The van der Waals surface area contributed by atoms with Gasteiger partial charge in [0, 0.05) is 37.2 Å². The first-order valence-corrected chi connectivity index (χ1v) is 6.92. The van der Waals surface area contributed by atoms with Crippen LogP contribution in [0.4, 0.5) is 0 Å². The van der Waals surface area contributed by atoms with Gasteiger partial charge in [-0.15, -0.1) is 10.2 Å². The van der Waals surface area contributed by atoms with E-state index < -0.39 is 0 Å². The molecule has 0 unspecified atom stereocenters. The van der Waals surface area contributed by atoms with Crippen LogP contribution in [0.5, 0.6) is 0 Å². The fourth-order valence-electron chi connectivity index (χ4n) is 2.14. The van der Waals surface area contributed by atoms with E-state index in [-0.39, 0.29) is 5.91 Å². The summed E-state index contributed by atoms with van der Waals surface area (Å²) in [7, 11) is 1.79. The maximum Gasteiger partial charge on any atom is 0.253 e. The van der Waals surface area contributed by atoms with E-state index in [1.54, 1.807) is 46.1 Å². The number of nitrogens with zero attached hydrogens (tertiary/aromatic N) is 6. The number of benzene rings is 1. The molecule has 112 valence electrons. The normalized spacial score (nSPS) is 10.6. The summed E-state index contributed by atoms with van der Waals surface area (Å²) in [6.07, 6.45) is 6.81. The van der Waals surface area contributed by atoms with Gasteiger partial charge in [-0.05, 0) is 24.3 Å². The lowest BCUT2D eigenvalue weighted by molar-refractivity contribution is 0.0789. The molecule has 0 N–H and O–H groups in total. The Morgan fingerprint density at radius 1 is 1.23 bits per heavy atom. The second-order valence-corrected chi connectivity index (χ2v) is 4.92. The van der Waals surface area contributed by atoms with Crippen LogP contribution in [-0.2, 0) is 6.54 Å². The SMILES string of the molecule is CN(CCn1cccn1)C(=O)c1cccc(-n2cnnc2)c1. The van der Waals surface area contributed by atoms with E-state index >= 15 is 0 Å². The first-order chi connectivity index (χ1) is 10.7. The van der Waals surface area contributed by atoms with Crippen molar-refractivity contribution in [2.75, 3.05) is 13.6 Å². The fraction of sp³-hybridized carbons (Fsp3) is 0.200. The predicted molar refractivity (Wildman–Crippen MR) is 80.5 cm³/mol. The van der Waals surface area contributed by atoms with Crippen molar-refractivity contribution in [2.45, 2.75) is 6.54 Å². The van der Waals surface area contributed by atoms with Gasteiger partial charge in [0.15, 0.2) is 0 Å². The molecule has 0 saturated heterocycles. The minimum absolute atomic E-state index is 0.0259. The molecule has 0 aliphatic carbocycles. The van der Waals surface area contributed by atoms with E-state index in [1.807, 2.05) is 30.5 Å². The molecule has 3 rings (SSSR count). The zero-order valence-electron chi connectivity index (χ0n) is 12.2. The molecule has 3 aromatic rings. The number of carbonyl (C=O) groups excluding carboxylic acids is 1. The minimum Gasteiger partial charge on any atom is -0.340 e. The summed E-state index contributed by atoms with van der Waals surface area (Å²) in [6.45, 7) is 1.26. The maximum absolute atomic E-state index is 12.5. The second-order valence-electron chi connectivity index (χ2n) is 4.92. The summed E-state index contributed by atoms with van der Waals surface area (Å²) in [4.78, 5) is 14.2. The van der Waals surface area contributed by atoms with Crippen molar-refractivity contribution in [1.29, 1.82) is 0 Å². The Bertz CT molecular complexity index is 735. The molecule has 0 saturated carbocycles. The van der Waals surface area contributed by atoms with Crippen molar-refractivity contribution in [3.63, 3.8) is 0 Å². The monoisotopic (exact) mass is 296 g/mol. The van der Waals surface area contributed by atoms with Gasteiger partial charge in [-0.3, -0.25) is 14.0 Å². The van der Waals surface area contributed by atoms with E-state index in [9.17, 15) is 4.79 Å². The number of hydrogen-bond acceptors (Lipinski definition) is 4. The van der Waals surface area contributed by atoms with E-state index in [2.05, 4.69) is 15.3 Å². The van der Waals surface area contributed by atoms with E-state index in [0.29, 0.717) is 18.7 Å². The topological polar surface area (TPSA) is 68.8 Å². The van der Waals surface area contributed by atoms with Gasteiger partial charge < -0.3 is 4.90 Å². The minimum atomic E-state index is -0.0259. The van der Waals surface area contributed by atoms with Crippen LogP contribution in [0.25, 0.3) is 5.69 Å². The Morgan fingerprint density at radius 2 is 2.05 bits per heavy atom. The average Bonchev–Trinajstić information content (AvgIpc) is 3.25. The molecule has 22 heavy (non-hydrogen) atoms. The van der Waals surface area contributed by atoms with Gasteiger partial charge in [0.25, 0.3) is 5.91 Å². The van der Waals surface area contributed by atoms with Gasteiger partial charge in [-0.25, -0.2) is 0 Å². The summed E-state index contributed by atoms with van der Waals surface area (Å²) < 4.78 is 3.57. The fourth-order valence-corrected chi connectivity index (χ4v) is 2.14. The Hall–Kier alpha value is -2.96. The largest absolute Gasteiger partial charge is 0.340 e. The molecule has 2 heterocycles. The summed E-state index contributed by atoms with van der Waals surface area (Å²) in [5.74, 6) is -0.0259. The van der Waals surface area contributed by atoms with Crippen molar-refractivity contribution >= 4 is 5.91 Å². The highest BCUT2D eigenvalue weighted by Crippen LogP contribution is 2.11. The molecule has 0 atom stereocenters. The molecule has 0 fully saturated rings. The summed E-state index contributed by atoms with van der Waals surface area (Å²) in [5, 5.41) is 11.7. The van der Waals surface area contributed by atoms with Crippen LogP contribution in [-0.4, -0.2) is 48.9 Å². The summed E-state index contributed by atoms with van der Waals surface area (Å²) in [5.41, 5.74) is 1.49. The van der Waals surface area contributed by atoms with Crippen LogP contribution in [0.15, 0.2) is 55.4 Å². The molecule has 0 aliphatic rings.